The van der Waals surface area contributed by atoms with E-state index in [9.17, 15) is 5.11 Å². The van der Waals surface area contributed by atoms with Crippen molar-refractivity contribution < 1.29 is 5.11 Å². The second-order valence-corrected chi connectivity index (χ2v) is 5.54. The lowest BCUT2D eigenvalue weighted by Gasteiger charge is -2.36. The van der Waals surface area contributed by atoms with Crippen LogP contribution in [0.15, 0.2) is 22.9 Å². The molecule has 88 valence electrons. The Hall–Kier alpha value is -0.450. The fourth-order valence-electron chi connectivity index (χ4n) is 2.36. The Balaban J connectivity index is 2.11. The summed E-state index contributed by atoms with van der Waals surface area (Å²) in [7, 11) is 0. The third-order valence-corrected chi connectivity index (χ3v) is 3.67. The van der Waals surface area contributed by atoms with Crippen LogP contribution in [0.2, 0.25) is 0 Å². The van der Waals surface area contributed by atoms with Crippen molar-refractivity contribution in [2.45, 2.75) is 19.3 Å². The Morgan fingerprint density at radius 2 is 2.38 bits per heavy atom. The number of rotatable bonds is 3. The molecule has 2 heterocycles. The molecule has 0 radical (unpaired) electrons. The van der Waals surface area contributed by atoms with Crippen LogP contribution in [0.25, 0.3) is 0 Å². The molecule has 1 saturated heterocycles. The predicted octanol–water partition coefficient (Wildman–Crippen LogP) is 1.75. The van der Waals surface area contributed by atoms with Crippen molar-refractivity contribution in [3.63, 3.8) is 0 Å². The van der Waals surface area contributed by atoms with Crippen molar-refractivity contribution in [2.24, 2.45) is 5.41 Å². The third kappa shape index (κ3) is 2.81. The molecule has 0 spiro atoms. The molecule has 0 saturated carbocycles. The Morgan fingerprint density at radius 3 is 3.00 bits per heavy atom. The third-order valence-electron chi connectivity index (χ3n) is 3.24. The number of hydrogen-bond acceptors (Lipinski definition) is 3. The van der Waals surface area contributed by atoms with Crippen LogP contribution in [-0.4, -0.2) is 29.8 Å². The summed E-state index contributed by atoms with van der Waals surface area (Å²) in [6, 6.07) is 2.08. The first kappa shape index (κ1) is 12.0. The monoisotopic (exact) mass is 284 g/mol. The Labute approximate surface area is 104 Å². The van der Waals surface area contributed by atoms with E-state index in [-0.39, 0.29) is 12.0 Å². The molecule has 1 fully saturated rings. The van der Waals surface area contributed by atoms with Crippen molar-refractivity contribution in [1.29, 1.82) is 0 Å². The summed E-state index contributed by atoms with van der Waals surface area (Å²) in [6.45, 7) is 2.21. The first-order valence-electron chi connectivity index (χ1n) is 5.65. The number of aliphatic hydroxyl groups excluding tert-OH is 1. The van der Waals surface area contributed by atoms with Gasteiger partial charge in [-0.1, -0.05) is 0 Å². The van der Waals surface area contributed by atoms with E-state index >= 15 is 0 Å². The van der Waals surface area contributed by atoms with Crippen LogP contribution >= 0.6 is 15.9 Å². The van der Waals surface area contributed by atoms with E-state index in [0.29, 0.717) is 0 Å². The lowest BCUT2D eigenvalue weighted by molar-refractivity contribution is 0.0947. The van der Waals surface area contributed by atoms with E-state index in [2.05, 4.69) is 32.3 Å². The molecule has 3 nitrogen and oxygen atoms in total. The Morgan fingerprint density at radius 1 is 1.50 bits per heavy atom. The Kier molecular flexibility index (Phi) is 3.95. The van der Waals surface area contributed by atoms with Gasteiger partial charge in [0.1, 0.15) is 0 Å². The molecule has 0 aliphatic carbocycles. The Bertz CT molecular complexity index is 351. The van der Waals surface area contributed by atoms with E-state index in [4.69, 9.17) is 0 Å². The lowest BCUT2D eigenvalue weighted by Crippen LogP contribution is -2.44. The maximum Gasteiger partial charge on any atom is 0.0502 e. The molecule has 2 N–H and O–H groups in total. The largest absolute Gasteiger partial charge is 0.396 e. The molecule has 16 heavy (non-hydrogen) atoms. The minimum Gasteiger partial charge on any atom is -0.396 e. The van der Waals surface area contributed by atoms with Gasteiger partial charge in [-0.05, 0) is 53.4 Å². The minimum atomic E-state index is 0.000718. The quantitative estimate of drug-likeness (QED) is 0.889. The molecule has 1 aliphatic rings. The van der Waals surface area contributed by atoms with Gasteiger partial charge in [0.2, 0.25) is 0 Å². The number of hydrogen-bond donors (Lipinski definition) is 2. The zero-order valence-electron chi connectivity index (χ0n) is 9.25. The van der Waals surface area contributed by atoms with Gasteiger partial charge < -0.3 is 10.4 Å². The normalized spacial score (nSPS) is 25.6. The molecule has 2 rings (SSSR count). The first-order chi connectivity index (χ1) is 7.74. The van der Waals surface area contributed by atoms with Gasteiger partial charge in [-0.2, -0.15) is 0 Å². The predicted molar refractivity (Wildman–Crippen MR) is 67.3 cm³/mol. The van der Waals surface area contributed by atoms with Crippen molar-refractivity contribution in [3.8, 4) is 0 Å². The van der Waals surface area contributed by atoms with Crippen LogP contribution in [-0.2, 0) is 6.42 Å². The summed E-state index contributed by atoms with van der Waals surface area (Å²) in [4.78, 5) is 4.17. The highest BCUT2D eigenvalue weighted by molar-refractivity contribution is 9.10. The smallest absolute Gasteiger partial charge is 0.0502 e. The summed E-state index contributed by atoms with van der Waals surface area (Å²) in [5.74, 6) is 0. The number of halogens is 1. The van der Waals surface area contributed by atoms with Gasteiger partial charge in [0.25, 0.3) is 0 Å². The average molecular weight is 285 g/mol. The summed E-state index contributed by atoms with van der Waals surface area (Å²) in [5.41, 5.74) is 1.19. The number of nitrogens with one attached hydrogen (secondary N) is 1. The van der Waals surface area contributed by atoms with Crippen LogP contribution in [0.3, 0.4) is 0 Å². The maximum absolute atomic E-state index is 9.60. The van der Waals surface area contributed by atoms with E-state index in [0.717, 1.165) is 36.8 Å². The topological polar surface area (TPSA) is 45.2 Å². The van der Waals surface area contributed by atoms with Gasteiger partial charge >= 0.3 is 0 Å². The number of piperidine rings is 1. The molecule has 1 unspecified atom stereocenters. The van der Waals surface area contributed by atoms with Crippen LogP contribution < -0.4 is 5.32 Å². The SMILES string of the molecule is OCC1(Cc2cncc(Br)c2)CCCNC1. The van der Waals surface area contributed by atoms with Gasteiger partial charge in [-0.3, -0.25) is 4.98 Å². The second-order valence-electron chi connectivity index (χ2n) is 4.63. The minimum absolute atomic E-state index is 0.000718. The maximum atomic E-state index is 9.60. The van der Waals surface area contributed by atoms with Gasteiger partial charge in [-0.25, -0.2) is 0 Å². The van der Waals surface area contributed by atoms with E-state index < -0.39 is 0 Å². The number of nitrogens with zero attached hydrogens (tertiary/aromatic N) is 1. The molecule has 4 heteroatoms. The summed E-state index contributed by atoms with van der Waals surface area (Å²) in [6.07, 6.45) is 6.79. The fraction of sp³-hybridized carbons (Fsp3) is 0.583. The van der Waals surface area contributed by atoms with Gasteiger partial charge in [0, 0.05) is 28.8 Å². The average Bonchev–Trinajstić information content (AvgIpc) is 2.30. The van der Waals surface area contributed by atoms with Crippen molar-refractivity contribution >= 4 is 15.9 Å². The fourth-order valence-corrected chi connectivity index (χ4v) is 2.77. The van der Waals surface area contributed by atoms with Crippen LogP contribution in [0.5, 0.6) is 0 Å². The highest BCUT2D eigenvalue weighted by atomic mass is 79.9. The highest BCUT2D eigenvalue weighted by Gasteiger charge is 2.31. The summed E-state index contributed by atoms with van der Waals surface area (Å²) in [5, 5.41) is 13.0. The molecule has 1 aliphatic heterocycles. The summed E-state index contributed by atoms with van der Waals surface area (Å²) >= 11 is 3.43. The number of aliphatic hydroxyl groups is 1. The molecular weight excluding hydrogens is 268 g/mol. The van der Waals surface area contributed by atoms with E-state index in [1.807, 2.05) is 6.20 Å². The second kappa shape index (κ2) is 5.25. The van der Waals surface area contributed by atoms with Crippen molar-refractivity contribution in [3.05, 3.63) is 28.5 Å². The first-order valence-corrected chi connectivity index (χ1v) is 6.44. The van der Waals surface area contributed by atoms with Gasteiger partial charge in [-0.15, -0.1) is 0 Å². The van der Waals surface area contributed by atoms with E-state index in [1.165, 1.54) is 5.56 Å². The zero-order chi connectivity index (χ0) is 11.4. The molecule has 1 aromatic rings. The number of pyridine rings is 1. The van der Waals surface area contributed by atoms with Gasteiger partial charge in [0.05, 0.1) is 6.61 Å². The van der Waals surface area contributed by atoms with Crippen molar-refractivity contribution in [1.82, 2.24) is 10.3 Å². The van der Waals surface area contributed by atoms with Crippen LogP contribution in [0.4, 0.5) is 0 Å². The molecule has 1 atom stereocenters. The molecule has 0 amide bonds. The van der Waals surface area contributed by atoms with Gasteiger partial charge in [0.15, 0.2) is 0 Å². The van der Waals surface area contributed by atoms with Crippen LogP contribution in [0.1, 0.15) is 18.4 Å². The number of aromatic nitrogens is 1. The molecule has 1 aromatic heterocycles. The zero-order valence-corrected chi connectivity index (χ0v) is 10.8. The molecular formula is C12H17BrN2O. The molecule has 0 aromatic carbocycles. The van der Waals surface area contributed by atoms with Crippen molar-refractivity contribution in [2.75, 3.05) is 19.7 Å². The summed E-state index contributed by atoms with van der Waals surface area (Å²) < 4.78 is 1.00. The lowest BCUT2D eigenvalue weighted by atomic mass is 9.77. The van der Waals surface area contributed by atoms with E-state index in [1.54, 1.807) is 6.20 Å². The highest BCUT2D eigenvalue weighted by Crippen LogP contribution is 2.30. The molecule has 0 bridgehead atoms. The van der Waals surface area contributed by atoms with Crippen LogP contribution in [0, 0.1) is 5.41 Å². The standard InChI is InChI=1S/C12H17BrN2O/c13-11-4-10(6-15-7-11)5-12(9-16)2-1-3-14-8-12/h4,6-7,14,16H,1-3,5,8-9H2.